The van der Waals surface area contributed by atoms with E-state index in [9.17, 15) is 18.0 Å². The third-order valence-corrected chi connectivity index (χ3v) is 2.17. The van der Waals surface area contributed by atoms with E-state index in [0.717, 1.165) is 0 Å². The first-order valence-corrected chi connectivity index (χ1v) is 4.52. The third-order valence-electron chi connectivity index (χ3n) is 2.17. The minimum Gasteiger partial charge on any atom is -0.337 e. The Morgan fingerprint density at radius 2 is 2.19 bits per heavy atom. The zero-order valence-corrected chi connectivity index (χ0v) is 8.18. The molecule has 0 bridgehead atoms. The van der Waals surface area contributed by atoms with Crippen LogP contribution in [0.25, 0.3) is 11.1 Å². The van der Waals surface area contributed by atoms with Crippen LogP contribution in [-0.4, -0.2) is 10.1 Å². The van der Waals surface area contributed by atoms with Crippen LogP contribution in [0.1, 0.15) is 18.3 Å². The lowest BCUT2D eigenvalue weighted by Crippen LogP contribution is -2.13. The Labute approximate surface area is 87.1 Å². The van der Waals surface area contributed by atoms with E-state index in [4.69, 9.17) is 0 Å². The van der Waals surface area contributed by atoms with Crippen LogP contribution in [-0.2, 0) is 12.6 Å². The van der Waals surface area contributed by atoms with E-state index < -0.39 is 17.3 Å². The molecule has 0 amide bonds. The highest BCUT2D eigenvalue weighted by atomic mass is 19.4. The van der Waals surface area contributed by atoms with Crippen LogP contribution in [0.4, 0.5) is 13.2 Å². The smallest absolute Gasteiger partial charge is 0.337 e. The Morgan fingerprint density at radius 3 is 2.75 bits per heavy atom. The summed E-state index contributed by atoms with van der Waals surface area (Å²) in [5.41, 5.74) is -1.76. The molecular weight excluding hydrogens is 225 g/mol. The summed E-state index contributed by atoms with van der Waals surface area (Å²) in [5.74, 6) is 0. The summed E-state index contributed by atoms with van der Waals surface area (Å²) in [6.07, 6.45) is -4.19. The third kappa shape index (κ3) is 1.58. The van der Waals surface area contributed by atoms with Gasteiger partial charge in [0.15, 0.2) is 5.43 Å². The molecular formula is C9H7F3N2O2. The van der Waals surface area contributed by atoms with Gasteiger partial charge in [-0.3, -0.25) is 4.79 Å². The van der Waals surface area contributed by atoms with Crippen molar-refractivity contribution in [3.63, 3.8) is 0 Å². The zero-order valence-electron chi connectivity index (χ0n) is 8.18. The molecule has 2 aromatic rings. The number of aromatic nitrogens is 2. The van der Waals surface area contributed by atoms with Crippen LogP contribution in [0, 0.1) is 0 Å². The lowest BCUT2D eigenvalue weighted by Gasteiger charge is -2.04. The van der Waals surface area contributed by atoms with Crippen molar-refractivity contribution in [3.8, 4) is 0 Å². The molecule has 0 fully saturated rings. The second-order valence-electron chi connectivity index (χ2n) is 3.23. The summed E-state index contributed by atoms with van der Waals surface area (Å²) in [6, 6.07) is 0.513. The largest absolute Gasteiger partial charge is 0.431 e. The molecule has 86 valence electrons. The molecule has 0 aliphatic carbocycles. The molecule has 4 nitrogen and oxygen atoms in total. The molecule has 0 saturated heterocycles. The number of hydrogen-bond acceptors (Lipinski definition) is 3. The summed E-state index contributed by atoms with van der Waals surface area (Å²) >= 11 is 0. The maximum absolute atomic E-state index is 12.4. The van der Waals surface area contributed by atoms with Crippen molar-refractivity contribution in [2.45, 2.75) is 19.5 Å². The molecule has 0 saturated carbocycles. The van der Waals surface area contributed by atoms with Crippen molar-refractivity contribution < 1.29 is 17.7 Å². The van der Waals surface area contributed by atoms with Crippen LogP contribution >= 0.6 is 0 Å². The van der Waals surface area contributed by atoms with Crippen LogP contribution < -0.4 is 5.43 Å². The Bertz CT molecular complexity index is 582. The van der Waals surface area contributed by atoms with Crippen molar-refractivity contribution in [1.82, 2.24) is 10.1 Å². The van der Waals surface area contributed by atoms with Crippen LogP contribution in [0.3, 0.4) is 0 Å². The number of H-pyrrole nitrogens is 1. The van der Waals surface area contributed by atoms with E-state index in [1.54, 1.807) is 6.92 Å². The van der Waals surface area contributed by atoms with Gasteiger partial charge >= 0.3 is 6.18 Å². The Hall–Kier alpha value is -1.79. The first-order valence-electron chi connectivity index (χ1n) is 4.52. The average Bonchev–Trinajstić information content (AvgIpc) is 2.59. The van der Waals surface area contributed by atoms with Crippen LogP contribution in [0.15, 0.2) is 15.4 Å². The van der Waals surface area contributed by atoms with Crippen LogP contribution in [0.5, 0.6) is 0 Å². The van der Waals surface area contributed by atoms with E-state index in [-0.39, 0.29) is 11.1 Å². The number of rotatable bonds is 1. The topological polar surface area (TPSA) is 58.9 Å². The quantitative estimate of drug-likeness (QED) is 0.818. The first kappa shape index (κ1) is 10.7. The second-order valence-corrected chi connectivity index (χ2v) is 3.23. The minimum atomic E-state index is -4.60. The Balaban J connectivity index is 2.76. The van der Waals surface area contributed by atoms with Crippen molar-refractivity contribution in [2.24, 2.45) is 0 Å². The zero-order chi connectivity index (χ0) is 11.9. The number of nitrogens with zero attached hydrogens (tertiary/aromatic N) is 1. The molecule has 7 heteroatoms. The minimum absolute atomic E-state index is 0.0792. The van der Waals surface area contributed by atoms with Gasteiger partial charge in [0.1, 0.15) is 11.1 Å². The lowest BCUT2D eigenvalue weighted by atomic mass is 10.2. The van der Waals surface area contributed by atoms with E-state index in [1.165, 1.54) is 0 Å². The van der Waals surface area contributed by atoms with Gasteiger partial charge in [-0.15, -0.1) is 0 Å². The molecule has 2 heterocycles. The predicted octanol–water partition coefficient (Wildman–Crippen LogP) is 2.10. The maximum Gasteiger partial charge on any atom is 0.431 e. The van der Waals surface area contributed by atoms with E-state index in [2.05, 4.69) is 9.68 Å². The molecule has 16 heavy (non-hydrogen) atoms. The molecule has 0 unspecified atom stereocenters. The fraction of sp³-hybridized carbons (Fsp3) is 0.333. The van der Waals surface area contributed by atoms with Gasteiger partial charge in [0.05, 0.1) is 5.69 Å². The summed E-state index contributed by atoms with van der Waals surface area (Å²) < 4.78 is 41.7. The molecule has 0 radical (unpaired) electrons. The van der Waals surface area contributed by atoms with Gasteiger partial charge in [0, 0.05) is 6.07 Å². The van der Waals surface area contributed by atoms with Gasteiger partial charge in [-0.2, -0.15) is 13.2 Å². The van der Waals surface area contributed by atoms with Gasteiger partial charge in [0.2, 0.25) is 5.71 Å². The van der Waals surface area contributed by atoms with Gasteiger partial charge in [-0.05, 0) is 6.42 Å². The standard InChI is InChI=1S/C9H7F3N2O2/c1-2-4-7-5(15)3-6(9(10,11)12)13-8(7)16-14-4/h3H,2H2,1H3,(H,13,15). The number of alkyl halides is 3. The molecule has 0 atom stereocenters. The van der Waals surface area contributed by atoms with Gasteiger partial charge in [-0.1, -0.05) is 12.1 Å². The maximum atomic E-state index is 12.4. The van der Waals surface area contributed by atoms with E-state index >= 15 is 0 Å². The SMILES string of the molecule is CCc1noc2[nH]c(C(F)(F)F)cc(=O)c12. The van der Waals surface area contributed by atoms with Gasteiger partial charge in [0.25, 0.3) is 0 Å². The molecule has 0 spiro atoms. The number of aryl methyl sites for hydroxylation is 1. The number of hydrogen-bond donors (Lipinski definition) is 1. The summed E-state index contributed by atoms with van der Waals surface area (Å²) in [5, 5.41) is 3.60. The lowest BCUT2D eigenvalue weighted by molar-refractivity contribution is -0.141. The van der Waals surface area contributed by atoms with E-state index in [0.29, 0.717) is 18.2 Å². The van der Waals surface area contributed by atoms with Gasteiger partial charge < -0.3 is 9.51 Å². The van der Waals surface area contributed by atoms with Crippen molar-refractivity contribution in [1.29, 1.82) is 0 Å². The highest BCUT2D eigenvalue weighted by molar-refractivity contribution is 5.75. The highest BCUT2D eigenvalue weighted by Crippen LogP contribution is 2.28. The van der Waals surface area contributed by atoms with Crippen LogP contribution in [0.2, 0.25) is 0 Å². The molecule has 1 N–H and O–H groups in total. The number of fused-ring (bicyclic) bond motifs is 1. The van der Waals surface area contributed by atoms with Crippen molar-refractivity contribution >= 4 is 11.1 Å². The molecule has 0 aliphatic rings. The summed E-state index contributed by atoms with van der Waals surface area (Å²) in [6.45, 7) is 1.73. The van der Waals surface area contributed by atoms with Crippen molar-refractivity contribution in [2.75, 3.05) is 0 Å². The Morgan fingerprint density at radius 1 is 1.50 bits per heavy atom. The summed E-state index contributed by atoms with van der Waals surface area (Å²) in [7, 11) is 0. The fourth-order valence-electron chi connectivity index (χ4n) is 1.42. The summed E-state index contributed by atoms with van der Waals surface area (Å²) in [4.78, 5) is 13.5. The number of aromatic amines is 1. The fourth-order valence-corrected chi connectivity index (χ4v) is 1.42. The van der Waals surface area contributed by atoms with E-state index in [1.807, 2.05) is 4.98 Å². The average molecular weight is 232 g/mol. The normalized spacial score (nSPS) is 12.2. The van der Waals surface area contributed by atoms with Crippen molar-refractivity contribution in [3.05, 3.63) is 27.7 Å². The number of halogens is 3. The molecule has 2 aromatic heterocycles. The number of pyridine rings is 1. The first-order chi connectivity index (χ1) is 7.43. The van der Waals surface area contributed by atoms with Gasteiger partial charge in [-0.25, -0.2) is 0 Å². The predicted molar refractivity (Wildman–Crippen MR) is 49.0 cm³/mol. The highest BCUT2D eigenvalue weighted by Gasteiger charge is 2.33. The molecule has 2 rings (SSSR count). The second kappa shape index (κ2) is 3.36. The molecule has 0 aliphatic heterocycles. The molecule has 0 aromatic carbocycles. The number of nitrogens with one attached hydrogen (secondary N) is 1. The Kier molecular flexibility index (Phi) is 2.25. The monoisotopic (exact) mass is 232 g/mol.